The molecule has 108 valence electrons. The smallest absolute Gasteiger partial charge is 0.323 e. The summed E-state index contributed by atoms with van der Waals surface area (Å²) in [5.74, 6) is -0.519. The van der Waals surface area contributed by atoms with Gasteiger partial charge in [-0.25, -0.2) is 9.18 Å². The number of anilines is 2. The van der Waals surface area contributed by atoms with Crippen LogP contribution in [0.3, 0.4) is 0 Å². The van der Waals surface area contributed by atoms with Crippen LogP contribution in [0.2, 0.25) is 0 Å². The first-order valence-electron chi connectivity index (χ1n) is 6.22. The molecular weight excluding hydrogens is 273 g/mol. The number of hydrogen-bond donors (Lipinski definition) is 3. The van der Waals surface area contributed by atoms with E-state index in [9.17, 15) is 9.18 Å². The van der Waals surface area contributed by atoms with E-state index in [0.29, 0.717) is 17.0 Å². The van der Waals surface area contributed by atoms with Gasteiger partial charge in [-0.1, -0.05) is 35.5 Å². The van der Waals surface area contributed by atoms with Gasteiger partial charge >= 0.3 is 6.03 Å². The summed E-state index contributed by atoms with van der Waals surface area (Å²) in [6, 6.07) is 12.1. The monoisotopic (exact) mass is 287 g/mol. The highest BCUT2D eigenvalue weighted by Crippen LogP contribution is 2.17. The summed E-state index contributed by atoms with van der Waals surface area (Å²) in [6.45, 7) is 1.61. The number of rotatable bonds is 3. The maximum absolute atomic E-state index is 13.5. The van der Waals surface area contributed by atoms with Crippen molar-refractivity contribution in [3.05, 3.63) is 59.9 Å². The fourth-order valence-electron chi connectivity index (χ4n) is 1.80. The Hall–Kier alpha value is -2.89. The molecule has 0 saturated carbocycles. The molecule has 6 heteroatoms. The molecule has 0 unspecified atom stereocenters. The topological polar surface area (TPSA) is 73.7 Å². The highest BCUT2D eigenvalue weighted by Gasteiger charge is 2.10. The Morgan fingerprint density at radius 1 is 1.05 bits per heavy atom. The molecule has 2 amide bonds. The van der Waals surface area contributed by atoms with Crippen molar-refractivity contribution >= 4 is 23.1 Å². The number of halogens is 1. The summed E-state index contributed by atoms with van der Waals surface area (Å²) in [5.41, 5.74) is 1.47. The zero-order chi connectivity index (χ0) is 15.2. The summed E-state index contributed by atoms with van der Waals surface area (Å²) in [6.07, 6.45) is 0. The highest BCUT2D eigenvalue weighted by atomic mass is 19.1. The molecule has 21 heavy (non-hydrogen) atoms. The van der Waals surface area contributed by atoms with E-state index in [4.69, 9.17) is 5.21 Å². The fourth-order valence-corrected chi connectivity index (χ4v) is 1.80. The lowest BCUT2D eigenvalue weighted by Crippen LogP contribution is -2.21. The van der Waals surface area contributed by atoms with E-state index >= 15 is 0 Å². The Bertz CT molecular complexity index is 686. The van der Waals surface area contributed by atoms with E-state index in [1.165, 1.54) is 18.2 Å². The lowest BCUT2D eigenvalue weighted by atomic mass is 10.1. The van der Waals surface area contributed by atoms with Crippen LogP contribution < -0.4 is 10.6 Å². The quantitative estimate of drug-likeness (QED) is 0.458. The molecule has 0 fully saturated rings. The van der Waals surface area contributed by atoms with Crippen LogP contribution in [0.4, 0.5) is 20.6 Å². The molecule has 3 N–H and O–H groups in total. The van der Waals surface area contributed by atoms with Crippen molar-refractivity contribution in [3.8, 4) is 0 Å². The summed E-state index contributed by atoms with van der Waals surface area (Å²) < 4.78 is 13.5. The van der Waals surface area contributed by atoms with Crippen molar-refractivity contribution < 1.29 is 14.4 Å². The lowest BCUT2D eigenvalue weighted by molar-refractivity contribution is 0.262. The number of hydrogen-bond acceptors (Lipinski definition) is 3. The van der Waals surface area contributed by atoms with Crippen molar-refractivity contribution in [1.82, 2.24) is 0 Å². The zero-order valence-electron chi connectivity index (χ0n) is 11.3. The van der Waals surface area contributed by atoms with Gasteiger partial charge in [0.15, 0.2) is 0 Å². The van der Waals surface area contributed by atoms with Crippen LogP contribution in [-0.2, 0) is 0 Å². The van der Waals surface area contributed by atoms with Crippen LogP contribution >= 0.6 is 0 Å². The molecule has 2 aromatic rings. The zero-order valence-corrected chi connectivity index (χ0v) is 11.3. The molecule has 0 heterocycles. The maximum atomic E-state index is 13.5. The molecule has 0 atom stereocenters. The van der Waals surface area contributed by atoms with E-state index in [1.54, 1.807) is 37.3 Å². The SMILES string of the molecule is C/C(=N\O)c1ccccc1NC(=O)Nc1ccccc1F. The number of nitrogens with one attached hydrogen (secondary N) is 2. The van der Waals surface area contributed by atoms with Gasteiger partial charge in [0, 0.05) is 5.56 Å². The molecule has 0 spiro atoms. The van der Waals surface area contributed by atoms with Gasteiger partial charge in [0.05, 0.1) is 17.1 Å². The summed E-state index contributed by atoms with van der Waals surface area (Å²) in [7, 11) is 0. The molecule has 0 radical (unpaired) electrons. The van der Waals surface area contributed by atoms with Gasteiger partial charge in [-0.15, -0.1) is 0 Å². The number of benzene rings is 2. The van der Waals surface area contributed by atoms with Crippen molar-refractivity contribution in [1.29, 1.82) is 0 Å². The number of para-hydroxylation sites is 2. The predicted octanol–water partition coefficient (Wildman–Crippen LogP) is 3.67. The van der Waals surface area contributed by atoms with Crippen molar-refractivity contribution in [2.24, 2.45) is 5.16 Å². The standard InChI is InChI=1S/C15H14FN3O2/c1-10(19-21)11-6-2-4-8-13(11)17-15(20)18-14-9-5-3-7-12(14)16/h2-9,21H,1H3,(H2,17,18,20)/b19-10+. The van der Waals surface area contributed by atoms with Gasteiger partial charge < -0.3 is 15.8 Å². The number of nitrogens with zero attached hydrogens (tertiary/aromatic N) is 1. The molecule has 0 bridgehead atoms. The number of amides is 2. The molecule has 2 aromatic carbocycles. The van der Waals surface area contributed by atoms with E-state index in [1.807, 2.05) is 0 Å². The summed E-state index contributed by atoms with van der Waals surface area (Å²) in [5, 5.41) is 16.9. The normalized spacial score (nSPS) is 11.0. The molecule has 0 saturated heterocycles. The summed E-state index contributed by atoms with van der Waals surface area (Å²) >= 11 is 0. The minimum absolute atomic E-state index is 0.0834. The van der Waals surface area contributed by atoms with Gasteiger partial charge in [0.1, 0.15) is 5.82 Å². The Labute approximate surface area is 121 Å². The second kappa shape index (κ2) is 6.51. The molecule has 0 aliphatic rings. The molecular formula is C15H14FN3O2. The number of oxime groups is 1. The van der Waals surface area contributed by atoms with Crippen LogP contribution in [0.15, 0.2) is 53.7 Å². The van der Waals surface area contributed by atoms with Crippen LogP contribution in [-0.4, -0.2) is 17.0 Å². The maximum Gasteiger partial charge on any atom is 0.323 e. The third kappa shape index (κ3) is 3.56. The first-order chi connectivity index (χ1) is 10.1. The van der Waals surface area contributed by atoms with E-state index in [2.05, 4.69) is 15.8 Å². The van der Waals surface area contributed by atoms with Crippen molar-refractivity contribution in [2.75, 3.05) is 10.6 Å². The Kier molecular flexibility index (Phi) is 4.50. The van der Waals surface area contributed by atoms with Crippen molar-refractivity contribution in [2.45, 2.75) is 6.92 Å². The average molecular weight is 287 g/mol. The Balaban J connectivity index is 2.16. The van der Waals surface area contributed by atoms with Crippen LogP contribution in [0.25, 0.3) is 0 Å². The first kappa shape index (κ1) is 14.5. The van der Waals surface area contributed by atoms with Gasteiger partial charge in [-0.05, 0) is 25.1 Å². The van der Waals surface area contributed by atoms with Gasteiger partial charge in [-0.3, -0.25) is 0 Å². The van der Waals surface area contributed by atoms with Crippen LogP contribution in [0, 0.1) is 5.82 Å². The van der Waals surface area contributed by atoms with E-state index in [0.717, 1.165) is 0 Å². The highest BCUT2D eigenvalue weighted by molar-refractivity contribution is 6.08. The second-order valence-electron chi connectivity index (χ2n) is 4.29. The lowest BCUT2D eigenvalue weighted by Gasteiger charge is -2.11. The molecule has 5 nitrogen and oxygen atoms in total. The van der Waals surface area contributed by atoms with Gasteiger partial charge in [0.25, 0.3) is 0 Å². The predicted molar refractivity (Wildman–Crippen MR) is 79.5 cm³/mol. The third-order valence-electron chi connectivity index (χ3n) is 2.84. The average Bonchev–Trinajstić information content (AvgIpc) is 2.49. The van der Waals surface area contributed by atoms with Gasteiger partial charge in [0.2, 0.25) is 0 Å². The van der Waals surface area contributed by atoms with E-state index < -0.39 is 11.8 Å². The molecule has 0 aliphatic carbocycles. The molecule has 0 aromatic heterocycles. The Morgan fingerprint density at radius 2 is 1.62 bits per heavy atom. The number of carbonyl (C=O) groups is 1. The van der Waals surface area contributed by atoms with Crippen molar-refractivity contribution in [3.63, 3.8) is 0 Å². The molecule has 0 aliphatic heterocycles. The third-order valence-corrected chi connectivity index (χ3v) is 2.84. The van der Waals surface area contributed by atoms with E-state index in [-0.39, 0.29) is 5.69 Å². The minimum atomic E-state index is -0.585. The number of carbonyl (C=O) groups excluding carboxylic acids is 1. The minimum Gasteiger partial charge on any atom is -0.411 e. The van der Waals surface area contributed by atoms with Gasteiger partial charge in [-0.2, -0.15) is 0 Å². The largest absolute Gasteiger partial charge is 0.411 e. The Morgan fingerprint density at radius 3 is 2.29 bits per heavy atom. The van der Waals surface area contributed by atoms with Crippen LogP contribution in [0.1, 0.15) is 12.5 Å². The summed E-state index contributed by atoms with van der Waals surface area (Å²) in [4.78, 5) is 11.9. The molecule has 2 rings (SSSR count). The fraction of sp³-hybridized carbons (Fsp3) is 0.0667. The number of urea groups is 1. The first-order valence-corrected chi connectivity index (χ1v) is 6.22. The second-order valence-corrected chi connectivity index (χ2v) is 4.29. The van der Waals surface area contributed by atoms with Crippen LogP contribution in [0.5, 0.6) is 0 Å².